The molecule has 7 nitrogen and oxygen atoms in total. The fourth-order valence-electron chi connectivity index (χ4n) is 4.27. The van der Waals surface area contributed by atoms with Crippen LogP contribution in [0.2, 0.25) is 10.0 Å². The second-order valence-corrected chi connectivity index (χ2v) is 12.4. The van der Waals surface area contributed by atoms with Gasteiger partial charge in [-0.1, -0.05) is 78.5 Å². The molecule has 0 saturated carbocycles. The summed E-state index contributed by atoms with van der Waals surface area (Å²) in [5.74, 6) is -0.889. The zero-order valence-electron chi connectivity index (χ0n) is 23.2. The molecule has 1 atom stereocenters. The van der Waals surface area contributed by atoms with Gasteiger partial charge in [0, 0.05) is 23.1 Å². The maximum Gasteiger partial charge on any atom is 0.264 e. The molecule has 0 aliphatic heterocycles. The van der Waals surface area contributed by atoms with Crippen molar-refractivity contribution in [2.24, 2.45) is 0 Å². The molecule has 0 aromatic heterocycles. The molecule has 0 unspecified atom stereocenters. The predicted octanol–water partition coefficient (Wildman–Crippen LogP) is 6.14. The van der Waals surface area contributed by atoms with Gasteiger partial charge in [-0.25, -0.2) is 8.42 Å². The van der Waals surface area contributed by atoms with E-state index < -0.39 is 28.5 Å². The highest BCUT2D eigenvalue weighted by atomic mass is 35.5. The van der Waals surface area contributed by atoms with Gasteiger partial charge in [-0.2, -0.15) is 0 Å². The average molecular weight is 605 g/mol. The van der Waals surface area contributed by atoms with Gasteiger partial charge in [-0.15, -0.1) is 0 Å². The van der Waals surface area contributed by atoms with Crippen molar-refractivity contribution in [1.82, 2.24) is 10.2 Å². The summed E-state index contributed by atoms with van der Waals surface area (Å²) in [6.45, 7) is 7.30. The van der Waals surface area contributed by atoms with Crippen molar-refractivity contribution in [3.05, 3.63) is 93.5 Å². The molecule has 3 rings (SSSR count). The molecule has 0 radical (unpaired) electrons. The van der Waals surface area contributed by atoms with E-state index >= 15 is 0 Å². The highest BCUT2D eigenvalue weighted by molar-refractivity contribution is 7.92. The number of carbonyl (C=O) groups is 2. The van der Waals surface area contributed by atoms with E-state index in [0.717, 1.165) is 22.7 Å². The van der Waals surface area contributed by atoms with Crippen molar-refractivity contribution in [2.45, 2.75) is 58.0 Å². The van der Waals surface area contributed by atoms with E-state index in [9.17, 15) is 18.0 Å². The maximum atomic E-state index is 14.0. The molecule has 0 heterocycles. The predicted molar refractivity (Wildman–Crippen MR) is 161 cm³/mol. The van der Waals surface area contributed by atoms with Crippen molar-refractivity contribution in [2.75, 3.05) is 17.4 Å². The number of hydrogen-bond donors (Lipinski definition) is 1. The first kappa shape index (κ1) is 31.5. The molecule has 0 aliphatic carbocycles. The number of rotatable bonds is 12. The molecule has 0 bridgehead atoms. The first-order chi connectivity index (χ1) is 18.9. The van der Waals surface area contributed by atoms with Crippen LogP contribution in [-0.4, -0.2) is 44.3 Å². The van der Waals surface area contributed by atoms with E-state index in [1.54, 1.807) is 62.4 Å². The lowest BCUT2D eigenvalue weighted by atomic mass is 10.1. The first-order valence-electron chi connectivity index (χ1n) is 13.1. The van der Waals surface area contributed by atoms with Crippen LogP contribution in [0.3, 0.4) is 0 Å². The summed E-state index contributed by atoms with van der Waals surface area (Å²) in [6.07, 6.45) is 1.70. The molecule has 2 amide bonds. The van der Waals surface area contributed by atoms with Crippen LogP contribution >= 0.6 is 23.2 Å². The number of anilines is 1. The Morgan fingerprint density at radius 3 is 2.30 bits per heavy atom. The summed E-state index contributed by atoms with van der Waals surface area (Å²) in [5, 5.41) is 3.64. The minimum absolute atomic E-state index is 0.0106. The normalized spacial score (nSPS) is 12.1. The topological polar surface area (TPSA) is 86.8 Å². The van der Waals surface area contributed by atoms with Crippen molar-refractivity contribution < 1.29 is 18.0 Å². The van der Waals surface area contributed by atoms with Gasteiger partial charge in [0.05, 0.1) is 10.6 Å². The lowest BCUT2D eigenvalue weighted by Crippen LogP contribution is -2.51. The third-order valence-electron chi connectivity index (χ3n) is 6.58. The molecule has 0 saturated heterocycles. The molecule has 1 N–H and O–H groups in total. The van der Waals surface area contributed by atoms with Crippen molar-refractivity contribution in [3.8, 4) is 0 Å². The zero-order chi connectivity index (χ0) is 29.4. The Balaban J connectivity index is 2.04. The van der Waals surface area contributed by atoms with Gasteiger partial charge in [0.15, 0.2) is 0 Å². The highest BCUT2D eigenvalue weighted by Gasteiger charge is 2.33. The van der Waals surface area contributed by atoms with Gasteiger partial charge in [0.25, 0.3) is 10.0 Å². The number of nitrogens with zero attached hydrogens (tertiary/aromatic N) is 2. The van der Waals surface area contributed by atoms with E-state index in [4.69, 9.17) is 23.2 Å². The van der Waals surface area contributed by atoms with Crippen LogP contribution in [0.1, 0.15) is 43.4 Å². The number of sulfonamides is 1. The van der Waals surface area contributed by atoms with Crippen molar-refractivity contribution in [1.29, 1.82) is 0 Å². The third kappa shape index (κ3) is 7.77. The second-order valence-electron chi connectivity index (χ2n) is 9.69. The third-order valence-corrected chi connectivity index (χ3v) is 8.94. The monoisotopic (exact) mass is 603 g/mol. The van der Waals surface area contributed by atoms with Gasteiger partial charge >= 0.3 is 0 Å². The second kappa shape index (κ2) is 14.0. The van der Waals surface area contributed by atoms with Crippen molar-refractivity contribution in [3.63, 3.8) is 0 Å². The fourth-order valence-corrected chi connectivity index (χ4v) is 6.24. The number of halogens is 2. The number of nitrogens with one attached hydrogen (secondary N) is 1. The van der Waals surface area contributed by atoms with Crippen LogP contribution in [0, 0.1) is 13.8 Å². The van der Waals surface area contributed by atoms with Gasteiger partial charge in [0.1, 0.15) is 12.6 Å². The Bertz CT molecular complexity index is 1450. The quantitative estimate of drug-likeness (QED) is 0.252. The number of carbonyl (C=O) groups excluding carboxylic acids is 2. The summed E-state index contributed by atoms with van der Waals surface area (Å²) >= 11 is 12.5. The standard InChI is InChI=1S/C30H35Cl2N3O4S/c1-5-6-16-33-30(37)23(4)34(19-24-13-14-25(31)18-27(24)32)29(36)20-35(28-15-12-21(2)17-22(28)3)40(38,39)26-10-8-7-9-11-26/h7-15,17-18,23H,5-6,16,19-20H2,1-4H3,(H,33,37)/t23-/m0/s1. The van der Waals surface area contributed by atoms with Crippen LogP contribution in [0.25, 0.3) is 0 Å². The summed E-state index contributed by atoms with van der Waals surface area (Å²) in [7, 11) is -4.13. The number of hydrogen-bond acceptors (Lipinski definition) is 4. The molecule has 3 aromatic carbocycles. The van der Waals surface area contributed by atoms with E-state index in [2.05, 4.69) is 5.32 Å². The number of aryl methyl sites for hydroxylation is 2. The van der Waals surface area contributed by atoms with E-state index in [0.29, 0.717) is 33.4 Å². The Hall–Kier alpha value is -3.07. The Labute approximate surface area is 247 Å². The largest absolute Gasteiger partial charge is 0.354 e. The summed E-state index contributed by atoms with van der Waals surface area (Å²) in [6, 6.07) is 17.3. The lowest BCUT2D eigenvalue weighted by molar-refractivity contribution is -0.139. The summed E-state index contributed by atoms with van der Waals surface area (Å²) in [5.41, 5.74) is 2.62. The Kier molecular flexibility index (Phi) is 11.0. The summed E-state index contributed by atoms with van der Waals surface area (Å²) < 4.78 is 28.9. The maximum absolute atomic E-state index is 14.0. The first-order valence-corrected chi connectivity index (χ1v) is 15.3. The number of unbranched alkanes of at least 4 members (excludes halogenated alkanes) is 1. The van der Waals surface area contributed by atoms with Crippen molar-refractivity contribution >= 4 is 50.7 Å². The number of amides is 2. The van der Waals surface area contributed by atoms with E-state index in [-0.39, 0.29) is 17.3 Å². The van der Waals surface area contributed by atoms with Gasteiger partial charge in [-0.3, -0.25) is 13.9 Å². The minimum Gasteiger partial charge on any atom is -0.354 e. The zero-order valence-corrected chi connectivity index (χ0v) is 25.5. The van der Waals surface area contributed by atoms with Gasteiger partial charge < -0.3 is 10.2 Å². The van der Waals surface area contributed by atoms with E-state index in [1.165, 1.54) is 17.0 Å². The summed E-state index contributed by atoms with van der Waals surface area (Å²) in [4.78, 5) is 28.5. The highest BCUT2D eigenvalue weighted by Crippen LogP contribution is 2.29. The average Bonchev–Trinajstić information content (AvgIpc) is 2.91. The molecule has 3 aromatic rings. The van der Waals surface area contributed by atoms with Gasteiger partial charge in [0.2, 0.25) is 11.8 Å². The lowest BCUT2D eigenvalue weighted by Gasteiger charge is -2.32. The molecular formula is C30H35Cl2N3O4S. The molecule has 214 valence electrons. The molecule has 40 heavy (non-hydrogen) atoms. The molecule has 0 spiro atoms. The Morgan fingerprint density at radius 1 is 0.975 bits per heavy atom. The van der Waals surface area contributed by atoms with Crippen LogP contribution in [0.5, 0.6) is 0 Å². The van der Waals surface area contributed by atoms with E-state index in [1.807, 2.05) is 19.9 Å². The minimum atomic E-state index is -4.13. The SMILES string of the molecule is CCCCNC(=O)[C@H](C)N(Cc1ccc(Cl)cc1Cl)C(=O)CN(c1ccc(C)cc1C)S(=O)(=O)c1ccccc1. The smallest absolute Gasteiger partial charge is 0.264 e. The molecule has 0 fully saturated rings. The van der Waals surface area contributed by atoms with Gasteiger partial charge in [-0.05, 0) is 68.7 Å². The Morgan fingerprint density at radius 2 is 1.68 bits per heavy atom. The fraction of sp³-hybridized carbons (Fsp3) is 0.333. The molecule has 0 aliphatic rings. The van der Waals surface area contributed by atoms with Crippen LogP contribution in [-0.2, 0) is 26.2 Å². The van der Waals surface area contributed by atoms with Crippen LogP contribution in [0.4, 0.5) is 5.69 Å². The van der Waals surface area contributed by atoms with Crippen LogP contribution in [0.15, 0.2) is 71.6 Å². The number of benzene rings is 3. The molecular weight excluding hydrogens is 569 g/mol. The molecule has 10 heteroatoms. The van der Waals surface area contributed by atoms with Crippen LogP contribution < -0.4 is 9.62 Å².